The fourth-order valence-electron chi connectivity index (χ4n) is 2.25. The lowest BCUT2D eigenvalue weighted by molar-refractivity contribution is 0.00578. The molecule has 1 fully saturated rings. The van der Waals surface area contributed by atoms with Crippen LogP contribution >= 0.6 is 0 Å². The van der Waals surface area contributed by atoms with Gasteiger partial charge in [0.25, 0.3) is 0 Å². The fraction of sp³-hybridized carbons (Fsp3) is 0.500. The second kappa shape index (κ2) is 4.23. The Morgan fingerprint density at radius 1 is 1.15 bits per heavy atom. The lowest BCUT2D eigenvalue weighted by Gasteiger charge is -2.32. The summed E-state index contributed by atoms with van der Waals surface area (Å²) in [6, 6.07) is 5.76. The van der Waals surface area contributed by atoms with Crippen molar-refractivity contribution in [3.05, 3.63) is 23.8 Å². The van der Waals surface area contributed by atoms with Crippen LogP contribution in [0, 0.1) is 0 Å². The highest BCUT2D eigenvalue weighted by Crippen LogP contribution is 2.36. The molecule has 0 saturated carbocycles. The molecule has 0 aliphatic carbocycles. The Kier molecular flexibility index (Phi) is 2.85. The molecule has 1 saturated heterocycles. The average molecular weight is 275 g/mol. The number of nitrogens with one attached hydrogen (secondary N) is 1. The first-order valence-corrected chi connectivity index (χ1v) is 6.71. The van der Waals surface area contributed by atoms with Crippen molar-refractivity contribution in [2.45, 2.75) is 45.5 Å². The summed E-state index contributed by atoms with van der Waals surface area (Å²) in [6.45, 7) is 8.36. The highest BCUT2D eigenvalue weighted by atomic mass is 16.7. The van der Waals surface area contributed by atoms with E-state index in [0.717, 1.165) is 16.7 Å². The SMILES string of the molecule is CC1(C)OB(c2ccc3c(c2)NC(=O)OC3)OC1(C)C. The van der Waals surface area contributed by atoms with Crippen LogP contribution in [0.1, 0.15) is 33.3 Å². The topological polar surface area (TPSA) is 56.8 Å². The maximum absolute atomic E-state index is 11.3. The van der Waals surface area contributed by atoms with Crippen molar-refractivity contribution in [1.29, 1.82) is 0 Å². The van der Waals surface area contributed by atoms with Crippen molar-refractivity contribution in [2.24, 2.45) is 0 Å². The van der Waals surface area contributed by atoms with E-state index in [-0.39, 0.29) is 11.2 Å². The van der Waals surface area contributed by atoms with E-state index in [4.69, 9.17) is 14.0 Å². The number of hydrogen-bond acceptors (Lipinski definition) is 4. The zero-order valence-electron chi connectivity index (χ0n) is 12.1. The van der Waals surface area contributed by atoms with E-state index in [9.17, 15) is 4.79 Å². The second-order valence-corrected chi connectivity index (χ2v) is 6.21. The zero-order valence-corrected chi connectivity index (χ0v) is 12.1. The summed E-state index contributed by atoms with van der Waals surface area (Å²) in [4.78, 5) is 11.3. The number of ether oxygens (including phenoxy) is 1. The third kappa shape index (κ3) is 2.09. The summed E-state index contributed by atoms with van der Waals surface area (Å²) in [5, 5.41) is 2.69. The molecule has 0 unspecified atom stereocenters. The number of carbonyl (C=O) groups is 1. The van der Waals surface area contributed by atoms with E-state index in [2.05, 4.69) is 5.32 Å². The molecule has 0 radical (unpaired) electrons. The van der Waals surface area contributed by atoms with Crippen LogP contribution in [0.5, 0.6) is 0 Å². The van der Waals surface area contributed by atoms with Crippen LogP contribution in [0.4, 0.5) is 10.5 Å². The van der Waals surface area contributed by atoms with Gasteiger partial charge in [-0.15, -0.1) is 0 Å². The predicted octanol–water partition coefficient (Wildman–Crippen LogP) is 2.05. The van der Waals surface area contributed by atoms with Crippen LogP contribution in [0.2, 0.25) is 0 Å². The highest BCUT2D eigenvalue weighted by molar-refractivity contribution is 6.62. The lowest BCUT2D eigenvalue weighted by atomic mass is 9.78. The Hall–Kier alpha value is -1.53. The van der Waals surface area contributed by atoms with Gasteiger partial charge >= 0.3 is 13.2 Å². The van der Waals surface area contributed by atoms with Gasteiger partial charge in [-0.25, -0.2) is 4.79 Å². The molecule has 2 aliphatic rings. The molecular formula is C14H18BNO4. The molecule has 1 amide bonds. The number of cyclic esters (lactones) is 1. The fourth-order valence-corrected chi connectivity index (χ4v) is 2.25. The van der Waals surface area contributed by atoms with Crippen molar-refractivity contribution >= 4 is 24.4 Å². The molecule has 1 aromatic rings. The lowest BCUT2D eigenvalue weighted by Crippen LogP contribution is -2.41. The summed E-state index contributed by atoms with van der Waals surface area (Å²) in [6.07, 6.45) is -0.427. The number of anilines is 1. The molecule has 106 valence electrons. The number of amides is 1. The van der Waals surface area contributed by atoms with Crippen LogP contribution < -0.4 is 10.8 Å². The van der Waals surface area contributed by atoms with E-state index >= 15 is 0 Å². The monoisotopic (exact) mass is 275 g/mol. The van der Waals surface area contributed by atoms with Crippen molar-refractivity contribution in [3.8, 4) is 0 Å². The molecule has 0 atom stereocenters. The maximum Gasteiger partial charge on any atom is 0.494 e. The second-order valence-electron chi connectivity index (χ2n) is 6.21. The van der Waals surface area contributed by atoms with Gasteiger partial charge in [0.05, 0.1) is 16.9 Å². The molecule has 1 aromatic carbocycles. The van der Waals surface area contributed by atoms with Gasteiger partial charge in [-0.2, -0.15) is 0 Å². The molecule has 0 aromatic heterocycles. The summed E-state index contributed by atoms with van der Waals surface area (Å²) in [5.74, 6) is 0. The first-order chi connectivity index (χ1) is 9.28. The van der Waals surface area contributed by atoms with Gasteiger partial charge in [-0.1, -0.05) is 12.1 Å². The minimum absolute atomic E-state index is 0.296. The van der Waals surface area contributed by atoms with Crippen molar-refractivity contribution in [2.75, 3.05) is 5.32 Å². The molecule has 0 bridgehead atoms. The summed E-state index contributed by atoms with van der Waals surface area (Å²) >= 11 is 0. The van der Waals surface area contributed by atoms with E-state index in [1.165, 1.54) is 0 Å². The number of fused-ring (bicyclic) bond motifs is 1. The van der Waals surface area contributed by atoms with Crippen LogP contribution in [-0.2, 0) is 20.7 Å². The molecule has 2 heterocycles. The third-order valence-electron chi connectivity index (χ3n) is 4.25. The molecule has 6 heteroatoms. The number of benzene rings is 1. The van der Waals surface area contributed by atoms with E-state index in [1.54, 1.807) is 0 Å². The highest BCUT2D eigenvalue weighted by Gasteiger charge is 2.51. The third-order valence-corrected chi connectivity index (χ3v) is 4.25. The smallest absolute Gasteiger partial charge is 0.444 e. The molecule has 3 rings (SSSR count). The van der Waals surface area contributed by atoms with Crippen molar-refractivity contribution in [3.63, 3.8) is 0 Å². The first kappa shape index (κ1) is 13.5. The van der Waals surface area contributed by atoms with Gasteiger partial charge in [0.15, 0.2) is 0 Å². The van der Waals surface area contributed by atoms with Gasteiger partial charge in [0, 0.05) is 5.56 Å². The Bertz CT molecular complexity index is 554. The van der Waals surface area contributed by atoms with Gasteiger partial charge in [0.2, 0.25) is 0 Å². The van der Waals surface area contributed by atoms with Gasteiger partial charge in [-0.05, 0) is 39.2 Å². The summed E-state index contributed by atoms with van der Waals surface area (Å²) in [7, 11) is -0.426. The Morgan fingerprint density at radius 2 is 1.80 bits per heavy atom. The van der Waals surface area contributed by atoms with Crippen LogP contribution in [0.3, 0.4) is 0 Å². The molecule has 0 spiro atoms. The zero-order chi connectivity index (χ0) is 14.5. The van der Waals surface area contributed by atoms with Crippen molar-refractivity contribution in [1.82, 2.24) is 0 Å². The minimum Gasteiger partial charge on any atom is -0.444 e. The van der Waals surface area contributed by atoms with Gasteiger partial charge < -0.3 is 14.0 Å². The minimum atomic E-state index is -0.427. The quantitative estimate of drug-likeness (QED) is 0.797. The molecule has 5 nitrogen and oxygen atoms in total. The number of carbonyl (C=O) groups excluding carboxylic acids is 1. The van der Waals surface area contributed by atoms with E-state index in [0.29, 0.717) is 6.61 Å². The Balaban J connectivity index is 1.89. The van der Waals surface area contributed by atoms with Crippen LogP contribution in [-0.4, -0.2) is 24.4 Å². The molecular weight excluding hydrogens is 257 g/mol. The molecule has 20 heavy (non-hydrogen) atoms. The largest absolute Gasteiger partial charge is 0.494 e. The van der Waals surface area contributed by atoms with Crippen LogP contribution in [0.25, 0.3) is 0 Å². The van der Waals surface area contributed by atoms with E-state index in [1.807, 2.05) is 45.9 Å². The molecule has 2 aliphatic heterocycles. The Morgan fingerprint density at radius 3 is 2.45 bits per heavy atom. The van der Waals surface area contributed by atoms with Crippen molar-refractivity contribution < 1.29 is 18.8 Å². The predicted molar refractivity (Wildman–Crippen MR) is 76.0 cm³/mol. The van der Waals surface area contributed by atoms with E-state index < -0.39 is 13.2 Å². The normalized spacial score (nSPS) is 23.0. The van der Waals surface area contributed by atoms with Crippen LogP contribution in [0.15, 0.2) is 18.2 Å². The van der Waals surface area contributed by atoms with Gasteiger partial charge in [0.1, 0.15) is 6.61 Å². The summed E-state index contributed by atoms with van der Waals surface area (Å²) in [5.41, 5.74) is 1.85. The standard InChI is InChI=1S/C14H18BNO4/c1-13(2)14(3,4)20-15(19-13)10-6-5-9-8-18-12(17)16-11(9)7-10/h5-7H,8H2,1-4H3,(H,16,17). The number of hydrogen-bond donors (Lipinski definition) is 1. The Labute approximate surface area is 118 Å². The molecule has 1 N–H and O–H groups in total. The maximum atomic E-state index is 11.3. The summed E-state index contributed by atoms with van der Waals surface area (Å²) < 4.78 is 16.9. The number of rotatable bonds is 1. The first-order valence-electron chi connectivity index (χ1n) is 6.71. The van der Waals surface area contributed by atoms with Gasteiger partial charge in [-0.3, -0.25) is 5.32 Å². The average Bonchev–Trinajstić information content (AvgIpc) is 2.57.